The zero-order valence-electron chi connectivity index (χ0n) is 9.87. The molecule has 0 spiro atoms. The third kappa shape index (κ3) is 2.13. The fourth-order valence-electron chi connectivity index (χ4n) is 2.36. The quantitative estimate of drug-likeness (QED) is 0.837. The van der Waals surface area contributed by atoms with Gasteiger partial charge in [-0.15, -0.1) is 0 Å². The van der Waals surface area contributed by atoms with Crippen LogP contribution in [0.15, 0.2) is 11.9 Å². The topological polar surface area (TPSA) is 29.9 Å². The van der Waals surface area contributed by atoms with Gasteiger partial charge < -0.3 is 5.32 Å². The molecular weight excluding hydrogens is 198 g/mol. The second kappa shape index (κ2) is 3.96. The Balaban J connectivity index is 1.61. The molecule has 0 bridgehead atoms. The molecule has 1 N–H and O–H groups in total. The predicted octanol–water partition coefficient (Wildman–Crippen LogP) is 2.10. The molecule has 0 amide bonds. The number of nitrogens with zero attached hydrogens (tertiary/aromatic N) is 2. The van der Waals surface area contributed by atoms with Crippen LogP contribution < -0.4 is 5.32 Å². The van der Waals surface area contributed by atoms with E-state index in [1.54, 1.807) is 0 Å². The number of aromatic nitrogens is 2. The van der Waals surface area contributed by atoms with Crippen molar-refractivity contribution in [1.82, 2.24) is 15.1 Å². The summed E-state index contributed by atoms with van der Waals surface area (Å²) in [5.74, 6) is 1.02. The molecule has 2 aliphatic rings. The van der Waals surface area contributed by atoms with E-state index in [1.165, 1.54) is 36.2 Å². The summed E-state index contributed by atoms with van der Waals surface area (Å²) in [5.41, 5.74) is 3.93. The van der Waals surface area contributed by atoms with E-state index in [0.29, 0.717) is 0 Å². The second-order valence-corrected chi connectivity index (χ2v) is 5.03. The fraction of sp³-hybridized carbons (Fsp3) is 0.615. The van der Waals surface area contributed by atoms with Crippen LogP contribution in [-0.4, -0.2) is 16.3 Å². The van der Waals surface area contributed by atoms with Gasteiger partial charge in [-0.05, 0) is 31.3 Å². The van der Waals surface area contributed by atoms with Gasteiger partial charge in [0.25, 0.3) is 0 Å². The third-order valence-corrected chi connectivity index (χ3v) is 3.50. The molecule has 1 aromatic rings. The second-order valence-electron chi connectivity index (χ2n) is 5.03. The Labute approximate surface area is 96.5 Å². The number of rotatable bonds is 4. The first kappa shape index (κ1) is 9.94. The Morgan fingerprint density at radius 3 is 3.12 bits per heavy atom. The molecule has 0 aliphatic heterocycles. The Hall–Kier alpha value is -1.25. The molecule has 0 aromatic carbocycles. The van der Waals surface area contributed by atoms with Crippen LogP contribution >= 0.6 is 0 Å². The van der Waals surface area contributed by atoms with Crippen molar-refractivity contribution < 1.29 is 0 Å². The summed E-state index contributed by atoms with van der Waals surface area (Å²) < 4.78 is 1.91. The average molecular weight is 217 g/mol. The van der Waals surface area contributed by atoms with Crippen LogP contribution in [0, 0.1) is 5.92 Å². The van der Waals surface area contributed by atoms with Gasteiger partial charge in [-0.2, -0.15) is 5.10 Å². The van der Waals surface area contributed by atoms with Crippen LogP contribution in [0.25, 0.3) is 6.08 Å². The summed E-state index contributed by atoms with van der Waals surface area (Å²) >= 11 is 0. The molecule has 0 atom stereocenters. The lowest BCUT2D eigenvalue weighted by Gasteiger charge is -2.14. The molecule has 0 radical (unpaired) electrons. The van der Waals surface area contributed by atoms with E-state index in [-0.39, 0.29) is 0 Å². The number of allylic oxidation sites excluding steroid dienone is 1. The van der Waals surface area contributed by atoms with Crippen LogP contribution in [0.4, 0.5) is 0 Å². The summed E-state index contributed by atoms with van der Waals surface area (Å²) in [6.45, 7) is 1.14. The van der Waals surface area contributed by atoms with Gasteiger partial charge in [0.1, 0.15) is 0 Å². The smallest absolute Gasteiger partial charge is 0.0701 e. The minimum absolute atomic E-state index is 1.02. The van der Waals surface area contributed by atoms with Gasteiger partial charge in [0, 0.05) is 31.0 Å². The molecule has 3 rings (SSSR count). The van der Waals surface area contributed by atoms with Crippen molar-refractivity contribution in [2.45, 2.75) is 32.1 Å². The van der Waals surface area contributed by atoms with Gasteiger partial charge in [-0.1, -0.05) is 12.8 Å². The maximum atomic E-state index is 4.45. The van der Waals surface area contributed by atoms with Crippen LogP contribution in [0.2, 0.25) is 0 Å². The van der Waals surface area contributed by atoms with Crippen molar-refractivity contribution in [1.29, 1.82) is 0 Å². The Kier molecular flexibility index (Phi) is 2.46. The highest BCUT2D eigenvalue weighted by Gasteiger charge is 2.20. The number of nitrogens with one attached hydrogen (secondary N) is 1. The Morgan fingerprint density at radius 1 is 1.44 bits per heavy atom. The monoisotopic (exact) mass is 217 g/mol. The van der Waals surface area contributed by atoms with Gasteiger partial charge in [0.05, 0.1) is 5.69 Å². The SMILES string of the molecule is Cn1cc2c(n1)CCC(NCCC1CC1)=C2. The lowest BCUT2D eigenvalue weighted by Crippen LogP contribution is -2.17. The largest absolute Gasteiger partial charge is 0.388 e. The molecule has 1 fully saturated rings. The maximum absolute atomic E-state index is 4.45. The van der Waals surface area contributed by atoms with Crippen LogP contribution in [0.1, 0.15) is 36.9 Å². The standard InChI is InChI=1S/C13H19N3/c1-16-9-11-8-12(4-5-13(11)15-16)14-7-6-10-2-3-10/h8-10,14H,2-7H2,1H3. The summed E-state index contributed by atoms with van der Waals surface area (Å²) in [4.78, 5) is 0. The lowest BCUT2D eigenvalue weighted by molar-refractivity contribution is 0.645. The Morgan fingerprint density at radius 2 is 2.31 bits per heavy atom. The number of fused-ring (bicyclic) bond motifs is 1. The van der Waals surface area contributed by atoms with E-state index in [1.807, 2.05) is 11.7 Å². The first-order chi connectivity index (χ1) is 7.81. The zero-order valence-corrected chi connectivity index (χ0v) is 9.87. The molecule has 16 heavy (non-hydrogen) atoms. The molecule has 1 heterocycles. The average Bonchev–Trinajstić information content (AvgIpc) is 2.99. The number of aryl methyl sites for hydroxylation is 2. The van der Waals surface area contributed by atoms with E-state index in [0.717, 1.165) is 25.3 Å². The molecule has 2 aliphatic carbocycles. The van der Waals surface area contributed by atoms with E-state index < -0.39 is 0 Å². The number of hydrogen-bond acceptors (Lipinski definition) is 2. The van der Waals surface area contributed by atoms with E-state index in [4.69, 9.17) is 0 Å². The highest BCUT2D eigenvalue weighted by atomic mass is 15.2. The molecule has 0 unspecified atom stereocenters. The Bertz CT molecular complexity index is 413. The van der Waals surface area contributed by atoms with E-state index in [9.17, 15) is 0 Å². The van der Waals surface area contributed by atoms with Gasteiger partial charge >= 0.3 is 0 Å². The van der Waals surface area contributed by atoms with E-state index >= 15 is 0 Å². The normalized spacial score (nSPS) is 19.2. The van der Waals surface area contributed by atoms with Crippen molar-refractivity contribution in [3.8, 4) is 0 Å². The van der Waals surface area contributed by atoms with Crippen molar-refractivity contribution in [3.05, 3.63) is 23.2 Å². The molecule has 3 heteroatoms. The summed E-state index contributed by atoms with van der Waals surface area (Å²) in [7, 11) is 1.99. The first-order valence-electron chi connectivity index (χ1n) is 6.28. The zero-order chi connectivity index (χ0) is 11.0. The highest BCUT2D eigenvalue weighted by Crippen LogP contribution is 2.32. The summed E-state index contributed by atoms with van der Waals surface area (Å²) in [6, 6.07) is 0. The van der Waals surface area contributed by atoms with Crippen LogP contribution in [-0.2, 0) is 13.5 Å². The number of hydrogen-bond donors (Lipinski definition) is 1. The molecule has 86 valence electrons. The molecule has 1 saturated carbocycles. The van der Waals surface area contributed by atoms with Crippen LogP contribution in [0.3, 0.4) is 0 Å². The third-order valence-electron chi connectivity index (χ3n) is 3.50. The van der Waals surface area contributed by atoms with Gasteiger partial charge in [0.2, 0.25) is 0 Å². The van der Waals surface area contributed by atoms with Gasteiger partial charge in [-0.25, -0.2) is 0 Å². The minimum Gasteiger partial charge on any atom is -0.388 e. The van der Waals surface area contributed by atoms with Crippen molar-refractivity contribution >= 4 is 6.08 Å². The maximum Gasteiger partial charge on any atom is 0.0701 e. The lowest BCUT2D eigenvalue weighted by atomic mass is 10.0. The first-order valence-corrected chi connectivity index (χ1v) is 6.28. The van der Waals surface area contributed by atoms with Gasteiger partial charge in [0.15, 0.2) is 0 Å². The fourth-order valence-corrected chi connectivity index (χ4v) is 2.36. The van der Waals surface area contributed by atoms with Crippen LogP contribution in [0.5, 0.6) is 0 Å². The summed E-state index contributed by atoms with van der Waals surface area (Å²) in [6.07, 6.45) is 10.8. The molecule has 0 saturated heterocycles. The summed E-state index contributed by atoms with van der Waals surface area (Å²) in [5, 5.41) is 8.02. The molecule has 1 aromatic heterocycles. The van der Waals surface area contributed by atoms with Gasteiger partial charge in [-0.3, -0.25) is 4.68 Å². The predicted molar refractivity (Wildman–Crippen MR) is 64.8 cm³/mol. The van der Waals surface area contributed by atoms with Crippen molar-refractivity contribution in [3.63, 3.8) is 0 Å². The molecule has 3 nitrogen and oxygen atoms in total. The molecular formula is C13H19N3. The highest BCUT2D eigenvalue weighted by molar-refractivity contribution is 5.56. The minimum atomic E-state index is 1.02. The van der Waals surface area contributed by atoms with Crippen molar-refractivity contribution in [2.24, 2.45) is 13.0 Å². The van der Waals surface area contributed by atoms with E-state index in [2.05, 4.69) is 22.7 Å². The van der Waals surface area contributed by atoms with Crippen molar-refractivity contribution in [2.75, 3.05) is 6.54 Å².